The van der Waals surface area contributed by atoms with Crippen LogP contribution in [0.2, 0.25) is 0 Å². The van der Waals surface area contributed by atoms with Crippen molar-refractivity contribution >= 4 is 29.3 Å². The van der Waals surface area contributed by atoms with Gasteiger partial charge in [-0.2, -0.15) is 0 Å². The van der Waals surface area contributed by atoms with E-state index in [-0.39, 0.29) is 24.6 Å². The van der Waals surface area contributed by atoms with Gasteiger partial charge in [-0.05, 0) is 24.3 Å². The number of carbonyl (C=O) groups excluding carboxylic acids is 2. The molecule has 0 saturated heterocycles. The quantitative estimate of drug-likeness (QED) is 0.266. The number of carboxylic acid groups (broad SMARTS) is 1. The Kier molecular flexibility index (Phi) is 7.37. The highest BCUT2D eigenvalue weighted by molar-refractivity contribution is 5.96. The highest BCUT2D eigenvalue weighted by atomic mass is 16.4. The van der Waals surface area contributed by atoms with Gasteiger partial charge in [0.15, 0.2) is 0 Å². The van der Waals surface area contributed by atoms with Crippen LogP contribution in [-0.2, 0) is 14.4 Å². The van der Waals surface area contributed by atoms with Gasteiger partial charge in [-0.15, -0.1) is 0 Å². The summed E-state index contributed by atoms with van der Waals surface area (Å²) >= 11 is 0. The Morgan fingerprint density at radius 2 is 1.71 bits per heavy atom. The average molecular weight is 336 g/mol. The maximum absolute atomic E-state index is 11.8. The van der Waals surface area contributed by atoms with Gasteiger partial charge < -0.3 is 26.6 Å². The number of benzene rings is 1. The van der Waals surface area contributed by atoms with Crippen molar-refractivity contribution in [3.63, 3.8) is 0 Å². The zero-order valence-corrected chi connectivity index (χ0v) is 12.9. The van der Waals surface area contributed by atoms with Gasteiger partial charge in [0.1, 0.15) is 5.84 Å². The highest BCUT2D eigenvalue weighted by Gasteiger charge is 2.15. The molecule has 0 saturated carbocycles. The summed E-state index contributed by atoms with van der Waals surface area (Å²) in [5, 5.41) is 29.8. The molecule has 7 N–H and O–H groups in total. The Labute approximate surface area is 138 Å². The lowest BCUT2D eigenvalue weighted by atomic mass is 10.2. The molecule has 0 radical (unpaired) electrons. The zero-order valence-electron chi connectivity index (χ0n) is 12.9. The summed E-state index contributed by atoms with van der Waals surface area (Å²) in [4.78, 5) is 33.9. The monoisotopic (exact) mass is 336 g/mol. The van der Waals surface area contributed by atoms with Crippen LogP contribution in [0.3, 0.4) is 0 Å². The van der Waals surface area contributed by atoms with E-state index in [1.807, 2.05) is 0 Å². The molecule has 1 rings (SSSR count). The molecular weight excluding hydrogens is 316 g/mol. The van der Waals surface area contributed by atoms with E-state index in [0.717, 1.165) is 0 Å². The number of nitrogen functional groups attached to an aromatic ring is 1. The molecule has 0 aliphatic carbocycles. The lowest BCUT2D eigenvalue weighted by Crippen LogP contribution is -2.39. The van der Waals surface area contributed by atoms with E-state index in [2.05, 4.69) is 10.6 Å². The van der Waals surface area contributed by atoms with Crippen molar-refractivity contribution in [3.05, 3.63) is 29.8 Å². The van der Waals surface area contributed by atoms with Crippen LogP contribution in [0.15, 0.2) is 24.3 Å². The number of anilines is 1. The van der Waals surface area contributed by atoms with Crippen LogP contribution < -0.4 is 16.4 Å². The lowest BCUT2D eigenvalue weighted by Gasteiger charge is -2.14. The number of aliphatic hydroxyl groups excluding tert-OH is 1. The number of carboxylic acids is 1. The number of nitrogens with two attached hydrogens (primary N) is 1. The SMILES string of the molecule is N=C(N)c1ccc(NC(=O)CCC(=O)NC(CO)CC(=O)O)cc1. The third kappa shape index (κ3) is 6.88. The minimum absolute atomic E-state index is 0.0793. The summed E-state index contributed by atoms with van der Waals surface area (Å²) < 4.78 is 0. The third-order valence-corrected chi connectivity index (χ3v) is 3.07. The molecule has 0 bridgehead atoms. The van der Waals surface area contributed by atoms with Crippen molar-refractivity contribution in [2.24, 2.45) is 5.73 Å². The van der Waals surface area contributed by atoms with E-state index >= 15 is 0 Å². The number of aliphatic carboxylic acids is 1. The van der Waals surface area contributed by atoms with E-state index < -0.39 is 30.9 Å². The summed E-state index contributed by atoms with van der Waals surface area (Å²) in [5.41, 5.74) is 6.36. The van der Waals surface area contributed by atoms with Crippen molar-refractivity contribution in [2.45, 2.75) is 25.3 Å². The summed E-state index contributed by atoms with van der Waals surface area (Å²) in [7, 11) is 0. The summed E-state index contributed by atoms with van der Waals surface area (Å²) in [6.45, 7) is -0.493. The smallest absolute Gasteiger partial charge is 0.305 e. The predicted octanol–water partition coefficient (Wildman–Crippen LogP) is -0.359. The first kappa shape index (κ1) is 19.1. The lowest BCUT2D eigenvalue weighted by molar-refractivity contribution is -0.138. The van der Waals surface area contributed by atoms with Gasteiger partial charge in [0.2, 0.25) is 11.8 Å². The molecule has 0 fully saturated rings. The molecule has 24 heavy (non-hydrogen) atoms. The van der Waals surface area contributed by atoms with Gasteiger partial charge >= 0.3 is 5.97 Å². The number of amides is 2. The summed E-state index contributed by atoms with van der Waals surface area (Å²) in [6, 6.07) is 5.47. The first-order chi connectivity index (χ1) is 11.3. The first-order valence-corrected chi connectivity index (χ1v) is 7.18. The summed E-state index contributed by atoms with van der Waals surface area (Å²) in [6.07, 6.45) is -0.615. The van der Waals surface area contributed by atoms with Gasteiger partial charge in [-0.3, -0.25) is 19.8 Å². The molecule has 0 aromatic heterocycles. The van der Waals surface area contributed by atoms with Crippen LogP contribution in [0.4, 0.5) is 5.69 Å². The highest BCUT2D eigenvalue weighted by Crippen LogP contribution is 2.10. The Bertz CT molecular complexity index is 615. The van der Waals surface area contributed by atoms with Gasteiger partial charge in [-0.1, -0.05) is 0 Å². The second kappa shape index (κ2) is 9.26. The van der Waals surface area contributed by atoms with Crippen molar-refractivity contribution in [1.82, 2.24) is 5.32 Å². The molecule has 1 unspecified atom stereocenters. The Hall–Kier alpha value is -2.94. The number of carbonyl (C=O) groups is 3. The number of hydrogen-bond donors (Lipinski definition) is 6. The van der Waals surface area contributed by atoms with Gasteiger partial charge in [0.25, 0.3) is 0 Å². The van der Waals surface area contributed by atoms with E-state index in [0.29, 0.717) is 11.3 Å². The number of rotatable bonds is 9. The number of nitrogens with one attached hydrogen (secondary N) is 3. The second-order valence-electron chi connectivity index (χ2n) is 5.08. The minimum atomic E-state index is -1.14. The van der Waals surface area contributed by atoms with E-state index in [9.17, 15) is 14.4 Å². The van der Waals surface area contributed by atoms with Gasteiger partial charge in [0.05, 0.1) is 19.1 Å². The minimum Gasteiger partial charge on any atom is -0.481 e. The average Bonchev–Trinajstić information content (AvgIpc) is 2.52. The van der Waals surface area contributed by atoms with Crippen molar-refractivity contribution in [2.75, 3.05) is 11.9 Å². The van der Waals surface area contributed by atoms with Crippen LogP contribution in [-0.4, -0.2) is 46.5 Å². The summed E-state index contributed by atoms with van der Waals surface area (Å²) in [5.74, 6) is -2.12. The zero-order chi connectivity index (χ0) is 18.1. The maximum Gasteiger partial charge on any atom is 0.305 e. The van der Waals surface area contributed by atoms with Crippen molar-refractivity contribution in [3.8, 4) is 0 Å². The Balaban J connectivity index is 2.41. The topological polar surface area (TPSA) is 166 Å². The fourth-order valence-corrected chi connectivity index (χ4v) is 1.86. The maximum atomic E-state index is 11.8. The fourth-order valence-electron chi connectivity index (χ4n) is 1.86. The molecule has 0 aliphatic heterocycles. The number of hydrogen-bond acceptors (Lipinski definition) is 5. The van der Waals surface area contributed by atoms with Crippen LogP contribution in [0.25, 0.3) is 0 Å². The molecule has 0 heterocycles. The molecule has 9 nitrogen and oxygen atoms in total. The molecule has 1 aromatic carbocycles. The Morgan fingerprint density at radius 1 is 1.12 bits per heavy atom. The van der Waals surface area contributed by atoms with Gasteiger partial charge in [-0.25, -0.2) is 0 Å². The number of aliphatic hydroxyl groups is 1. The fraction of sp³-hybridized carbons (Fsp3) is 0.333. The second-order valence-corrected chi connectivity index (χ2v) is 5.08. The van der Waals surface area contributed by atoms with Crippen molar-refractivity contribution < 1.29 is 24.6 Å². The van der Waals surface area contributed by atoms with Crippen molar-refractivity contribution in [1.29, 1.82) is 5.41 Å². The molecule has 0 aliphatic rings. The van der Waals surface area contributed by atoms with Crippen LogP contribution in [0.5, 0.6) is 0 Å². The van der Waals surface area contributed by atoms with E-state index in [1.165, 1.54) is 0 Å². The predicted molar refractivity (Wildman–Crippen MR) is 86.6 cm³/mol. The molecule has 1 atom stereocenters. The van der Waals surface area contributed by atoms with E-state index in [4.69, 9.17) is 21.4 Å². The number of amidine groups is 1. The first-order valence-electron chi connectivity index (χ1n) is 7.18. The van der Waals surface area contributed by atoms with Crippen LogP contribution >= 0.6 is 0 Å². The molecule has 0 spiro atoms. The largest absolute Gasteiger partial charge is 0.481 e. The van der Waals surface area contributed by atoms with Crippen LogP contribution in [0.1, 0.15) is 24.8 Å². The molecule has 9 heteroatoms. The molecule has 2 amide bonds. The standard InChI is InChI=1S/C15H20N4O5/c16-15(17)9-1-3-10(4-2-9)18-12(21)5-6-13(22)19-11(8-20)7-14(23)24/h1-4,11,20H,5-8H2,(H3,16,17)(H,18,21)(H,19,22)(H,23,24). The van der Waals surface area contributed by atoms with E-state index in [1.54, 1.807) is 24.3 Å². The molecule has 130 valence electrons. The molecule has 1 aromatic rings. The molecular formula is C15H20N4O5. The Morgan fingerprint density at radius 3 is 2.21 bits per heavy atom. The normalized spacial score (nSPS) is 11.4. The van der Waals surface area contributed by atoms with Gasteiger partial charge in [0, 0.05) is 24.1 Å². The van der Waals surface area contributed by atoms with Crippen LogP contribution in [0, 0.1) is 5.41 Å². The third-order valence-electron chi connectivity index (χ3n) is 3.07.